The van der Waals surface area contributed by atoms with Gasteiger partial charge in [-0.3, -0.25) is 4.79 Å². The van der Waals surface area contributed by atoms with Crippen molar-refractivity contribution in [2.45, 2.75) is 12.8 Å². The number of nitrogens with two attached hydrogens (primary N) is 1. The van der Waals surface area contributed by atoms with Crippen LogP contribution in [0.2, 0.25) is 0 Å². The second-order valence-corrected chi connectivity index (χ2v) is 6.04. The summed E-state index contributed by atoms with van der Waals surface area (Å²) in [4.78, 5) is 13.3. The number of fused-ring (bicyclic) bond motifs is 1. The largest absolute Gasteiger partial charge is 0.397 e. The van der Waals surface area contributed by atoms with Crippen LogP contribution in [0.5, 0.6) is 0 Å². The molecule has 0 aliphatic rings. The maximum atomic E-state index is 12.0. The number of nitrogen functional groups attached to an aromatic ring is 1. The minimum absolute atomic E-state index is 0.121. The Hall–Kier alpha value is -1.34. The van der Waals surface area contributed by atoms with Crippen molar-refractivity contribution in [2.24, 2.45) is 0 Å². The van der Waals surface area contributed by atoms with Gasteiger partial charge in [-0.25, -0.2) is 0 Å². The first kappa shape index (κ1) is 14.1. The first-order valence-electron chi connectivity index (χ1n) is 6.01. The highest BCUT2D eigenvalue weighted by atomic mass is 32.2. The highest BCUT2D eigenvalue weighted by molar-refractivity contribution is 7.98. The minimum Gasteiger partial charge on any atom is -0.397 e. The molecule has 3 N–H and O–H groups in total. The van der Waals surface area contributed by atoms with Crippen molar-refractivity contribution >= 4 is 44.9 Å². The molecule has 0 saturated carbocycles. The van der Waals surface area contributed by atoms with Gasteiger partial charge in [-0.1, -0.05) is 0 Å². The third kappa shape index (κ3) is 3.36. The van der Waals surface area contributed by atoms with Gasteiger partial charge < -0.3 is 11.1 Å². The molecule has 2 heterocycles. The van der Waals surface area contributed by atoms with E-state index < -0.39 is 0 Å². The first-order valence-corrected chi connectivity index (χ1v) is 8.22. The number of thiophene rings is 1. The second-order valence-electron chi connectivity index (χ2n) is 4.05. The van der Waals surface area contributed by atoms with Crippen LogP contribution in [0.25, 0.3) is 10.2 Å². The molecule has 2 aromatic rings. The van der Waals surface area contributed by atoms with E-state index in [1.807, 2.05) is 11.8 Å². The molecule has 102 valence electrons. The van der Waals surface area contributed by atoms with Gasteiger partial charge in [0, 0.05) is 11.9 Å². The van der Waals surface area contributed by atoms with Gasteiger partial charge >= 0.3 is 0 Å². The van der Waals surface area contributed by atoms with Gasteiger partial charge in [0.25, 0.3) is 5.91 Å². The number of hydrogen-bond donors (Lipinski definition) is 2. The molecule has 5 nitrogen and oxygen atoms in total. The van der Waals surface area contributed by atoms with Crippen LogP contribution < -0.4 is 11.1 Å². The summed E-state index contributed by atoms with van der Waals surface area (Å²) in [7, 11) is 0. The average Bonchev–Trinajstić information content (AvgIpc) is 2.76. The van der Waals surface area contributed by atoms with Gasteiger partial charge in [-0.05, 0) is 30.9 Å². The number of unbranched alkanes of at least 4 members (excludes halogenated alkanes) is 1. The van der Waals surface area contributed by atoms with Gasteiger partial charge in [-0.2, -0.15) is 16.9 Å². The van der Waals surface area contributed by atoms with Crippen molar-refractivity contribution < 1.29 is 4.79 Å². The van der Waals surface area contributed by atoms with Crippen molar-refractivity contribution in [3.8, 4) is 0 Å². The fourth-order valence-electron chi connectivity index (χ4n) is 1.70. The van der Waals surface area contributed by atoms with E-state index in [-0.39, 0.29) is 5.91 Å². The molecule has 2 aromatic heterocycles. The Balaban J connectivity index is 1.99. The monoisotopic (exact) mass is 296 g/mol. The fourth-order valence-corrected chi connectivity index (χ4v) is 3.14. The lowest BCUT2D eigenvalue weighted by Gasteiger charge is -2.03. The van der Waals surface area contributed by atoms with E-state index in [0.717, 1.165) is 24.0 Å². The van der Waals surface area contributed by atoms with Crippen molar-refractivity contribution in [1.82, 2.24) is 15.5 Å². The molecule has 1 amide bonds. The molecule has 7 heteroatoms. The lowest BCUT2D eigenvalue weighted by molar-refractivity contribution is 0.0958. The van der Waals surface area contributed by atoms with E-state index >= 15 is 0 Å². The Kier molecular flexibility index (Phi) is 4.98. The van der Waals surface area contributed by atoms with Crippen molar-refractivity contribution in [3.63, 3.8) is 0 Å². The Morgan fingerprint density at radius 1 is 1.53 bits per heavy atom. The van der Waals surface area contributed by atoms with Crippen LogP contribution in [0, 0.1) is 0 Å². The molecular formula is C12H16N4OS2. The molecular weight excluding hydrogens is 280 g/mol. The molecule has 0 bridgehead atoms. The molecule has 2 rings (SSSR count). The summed E-state index contributed by atoms with van der Waals surface area (Å²) in [6.07, 6.45) is 5.75. The molecule has 19 heavy (non-hydrogen) atoms. The number of carbonyl (C=O) groups is 1. The predicted molar refractivity (Wildman–Crippen MR) is 81.8 cm³/mol. The summed E-state index contributed by atoms with van der Waals surface area (Å²) >= 11 is 3.10. The summed E-state index contributed by atoms with van der Waals surface area (Å²) in [6.45, 7) is 0.679. The van der Waals surface area contributed by atoms with E-state index in [1.54, 1.807) is 12.3 Å². The molecule has 0 aromatic carbocycles. The number of thioether (sulfide) groups is 1. The number of carbonyl (C=O) groups excluding carboxylic acids is 1. The van der Waals surface area contributed by atoms with Gasteiger partial charge in [-0.15, -0.1) is 16.4 Å². The third-order valence-electron chi connectivity index (χ3n) is 2.69. The average molecular weight is 296 g/mol. The van der Waals surface area contributed by atoms with E-state index in [9.17, 15) is 4.79 Å². The number of nitrogens with one attached hydrogen (secondary N) is 1. The van der Waals surface area contributed by atoms with Gasteiger partial charge in [0.1, 0.15) is 9.71 Å². The predicted octanol–water partition coefficient (Wildman–Crippen LogP) is 2.15. The lowest BCUT2D eigenvalue weighted by Crippen LogP contribution is -2.24. The van der Waals surface area contributed by atoms with Crippen molar-refractivity contribution in [2.75, 3.05) is 24.3 Å². The Morgan fingerprint density at radius 3 is 3.11 bits per heavy atom. The molecule has 0 radical (unpaired) electrons. The zero-order chi connectivity index (χ0) is 13.7. The van der Waals surface area contributed by atoms with Crippen LogP contribution in [0.3, 0.4) is 0 Å². The van der Waals surface area contributed by atoms with Crippen LogP contribution >= 0.6 is 23.1 Å². The quantitative estimate of drug-likeness (QED) is 0.798. The van der Waals surface area contributed by atoms with Gasteiger partial charge in [0.15, 0.2) is 0 Å². The Morgan fingerprint density at radius 2 is 2.37 bits per heavy atom. The standard InChI is InChI=1S/C12H16N4OS2/c1-18-7-3-2-5-14-11(17)10-9(13)8-4-6-15-16-12(8)19-10/h4,6H,2-3,5,7,13H2,1H3,(H,14,17). The fraction of sp³-hybridized carbons (Fsp3) is 0.417. The summed E-state index contributed by atoms with van der Waals surface area (Å²) in [5.74, 6) is 1.00. The summed E-state index contributed by atoms with van der Waals surface area (Å²) in [5, 5.41) is 11.5. The van der Waals surface area contributed by atoms with Crippen molar-refractivity contribution in [1.29, 1.82) is 0 Å². The van der Waals surface area contributed by atoms with E-state index in [1.165, 1.54) is 11.3 Å². The Bertz CT molecular complexity index is 570. The summed E-state index contributed by atoms with van der Waals surface area (Å²) in [5.41, 5.74) is 6.47. The molecule has 0 spiro atoms. The highest BCUT2D eigenvalue weighted by Crippen LogP contribution is 2.31. The SMILES string of the molecule is CSCCCCNC(=O)c1sc2nnccc2c1N. The minimum atomic E-state index is -0.121. The van der Waals surface area contributed by atoms with Crippen LogP contribution in [-0.2, 0) is 0 Å². The molecule has 0 fully saturated rings. The maximum Gasteiger partial charge on any atom is 0.263 e. The molecule has 0 atom stereocenters. The molecule has 0 unspecified atom stereocenters. The van der Waals surface area contributed by atoms with Crippen LogP contribution in [0.4, 0.5) is 5.69 Å². The van der Waals surface area contributed by atoms with E-state index in [0.29, 0.717) is 21.9 Å². The molecule has 0 saturated heterocycles. The number of rotatable bonds is 6. The summed E-state index contributed by atoms with van der Waals surface area (Å²) < 4.78 is 0. The number of nitrogens with zero attached hydrogens (tertiary/aromatic N) is 2. The van der Waals surface area contributed by atoms with Gasteiger partial charge in [0.2, 0.25) is 0 Å². The second kappa shape index (κ2) is 6.72. The first-order chi connectivity index (χ1) is 9.24. The summed E-state index contributed by atoms with van der Waals surface area (Å²) in [6, 6.07) is 1.78. The van der Waals surface area contributed by atoms with Crippen LogP contribution in [0.15, 0.2) is 12.3 Å². The number of hydrogen-bond acceptors (Lipinski definition) is 6. The van der Waals surface area contributed by atoms with Gasteiger partial charge in [0.05, 0.1) is 11.9 Å². The van der Waals surface area contributed by atoms with E-state index in [2.05, 4.69) is 21.8 Å². The van der Waals surface area contributed by atoms with E-state index in [4.69, 9.17) is 5.73 Å². The molecule has 0 aliphatic heterocycles. The maximum absolute atomic E-state index is 12.0. The lowest BCUT2D eigenvalue weighted by atomic mass is 10.2. The smallest absolute Gasteiger partial charge is 0.263 e. The molecule has 0 aliphatic carbocycles. The van der Waals surface area contributed by atoms with Crippen LogP contribution in [-0.4, -0.2) is 34.7 Å². The van der Waals surface area contributed by atoms with Crippen molar-refractivity contribution in [3.05, 3.63) is 17.1 Å². The number of aromatic nitrogens is 2. The zero-order valence-electron chi connectivity index (χ0n) is 10.7. The number of anilines is 1. The topological polar surface area (TPSA) is 80.9 Å². The Labute approximate surface area is 120 Å². The normalized spacial score (nSPS) is 10.8. The number of amides is 1. The zero-order valence-corrected chi connectivity index (χ0v) is 12.3. The highest BCUT2D eigenvalue weighted by Gasteiger charge is 2.16. The third-order valence-corrected chi connectivity index (χ3v) is 4.49. The van der Waals surface area contributed by atoms with Crippen LogP contribution in [0.1, 0.15) is 22.5 Å².